The normalized spacial score (nSPS) is 13.5. The van der Waals surface area contributed by atoms with Crippen molar-refractivity contribution in [3.05, 3.63) is 60.2 Å². The van der Waals surface area contributed by atoms with Crippen molar-refractivity contribution in [2.24, 2.45) is 5.92 Å². The van der Waals surface area contributed by atoms with Crippen LogP contribution in [0.15, 0.2) is 54.6 Å². The molecule has 33 heavy (non-hydrogen) atoms. The van der Waals surface area contributed by atoms with Gasteiger partial charge in [0.25, 0.3) is 5.91 Å². The van der Waals surface area contributed by atoms with E-state index in [1.807, 2.05) is 30.3 Å². The summed E-state index contributed by atoms with van der Waals surface area (Å²) in [6.45, 7) is 6.16. The molecule has 2 aromatic rings. The zero-order valence-corrected chi connectivity index (χ0v) is 19.2. The van der Waals surface area contributed by atoms with Crippen molar-refractivity contribution in [2.45, 2.75) is 20.3 Å². The number of esters is 1. The van der Waals surface area contributed by atoms with Gasteiger partial charge in [0.05, 0.1) is 12.2 Å². The van der Waals surface area contributed by atoms with Crippen molar-refractivity contribution in [1.29, 1.82) is 0 Å². The minimum absolute atomic E-state index is 0.198. The van der Waals surface area contributed by atoms with E-state index in [2.05, 4.69) is 19.2 Å². The van der Waals surface area contributed by atoms with Gasteiger partial charge in [-0.2, -0.15) is 0 Å². The first kappa shape index (κ1) is 24.1. The summed E-state index contributed by atoms with van der Waals surface area (Å²) in [4.78, 5) is 40.3. The average Bonchev–Trinajstić information content (AvgIpc) is 2.83. The van der Waals surface area contributed by atoms with Gasteiger partial charge in [-0.05, 0) is 48.7 Å². The Morgan fingerprint density at radius 3 is 2.18 bits per heavy atom. The smallest absolute Gasteiger partial charge is 0.338 e. The maximum atomic E-state index is 12.4. The largest absolute Gasteiger partial charge is 0.494 e. The number of nitrogens with one attached hydrogen (secondary N) is 1. The summed E-state index contributed by atoms with van der Waals surface area (Å²) in [5.74, 6) is 0.418. The molecule has 2 aromatic carbocycles. The van der Waals surface area contributed by atoms with Gasteiger partial charge in [-0.1, -0.05) is 32.0 Å². The van der Waals surface area contributed by atoms with E-state index in [4.69, 9.17) is 9.47 Å². The van der Waals surface area contributed by atoms with Crippen molar-refractivity contribution in [2.75, 3.05) is 44.7 Å². The van der Waals surface area contributed by atoms with Crippen LogP contribution in [0.2, 0.25) is 0 Å². The van der Waals surface area contributed by atoms with Gasteiger partial charge >= 0.3 is 12.0 Å². The second-order valence-electron chi connectivity index (χ2n) is 8.30. The number of amides is 3. The van der Waals surface area contributed by atoms with Crippen LogP contribution >= 0.6 is 0 Å². The number of carbonyl (C=O) groups excluding carboxylic acids is 3. The predicted octanol–water partition coefficient (Wildman–Crippen LogP) is 3.64. The third-order valence-electron chi connectivity index (χ3n) is 5.33. The standard InChI is InChI=1S/C25H31N3O5/c1-19(2)12-17-32-22-10-8-20(9-11-22)24(30)33-18-23(29)27-13-15-28(16-14-27)25(31)26-21-6-4-3-5-7-21/h3-11,19H,12-18H2,1-2H3,(H,26,31). The summed E-state index contributed by atoms with van der Waals surface area (Å²) in [5.41, 5.74) is 1.09. The predicted molar refractivity (Wildman–Crippen MR) is 125 cm³/mol. The van der Waals surface area contributed by atoms with E-state index in [1.165, 1.54) is 0 Å². The van der Waals surface area contributed by atoms with Gasteiger partial charge in [0.2, 0.25) is 0 Å². The quantitative estimate of drug-likeness (QED) is 0.617. The molecule has 0 aromatic heterocycles. The van der Waals surface area contributed by atoms with E-state index >= 15 is 0 Å². The Kier molecular flexibility index (Phi) is 8.69. The Bertz CT molecular complexity index is 923. The summed E-state index contributed by atoms with van der Waals surface area (Å²) < 4.78 is 10.8. The van der Waals surface area contributed by atoms with Gasteiger partial charge < -0.3 is 24.6 Å². The highest BCUT2D eigenvalue weighted by molar-refractivity contribution is 5.92. The zero-order chi connectivity index (χ0) is 23.6. The second-order valence-corrected chi connectivity index (χ2v) is 8.30. The SMILES string of the molecule is CC(C)CCOc1ccc(C(=O)OCC(=O)N2CCN(C(=O)Nc3ccccc3)CC2)cc1. The lowest BCUT2D eigenvalue weighted by Gasteiger charge is -2.34. The number of urea groups is 1. The van der Waals surface area contributed by atoms with Crippen LogP contribution in [0.25, 0.3) is 0 Å². The molecule has 0 atom stereocenters. The van der Waals surface area contributed by atoms with Crippen LogP contribution in [0.5, 0.6) is 5.75 Å². The molecule has 1 N–H and O–H groups in total. The molecule has 1 fully saturated rings. The Balaban J connectivity index is 1.38. The lowest BCUT2D eigenvalue weighted by Crippen LogP contribution is -2.52. The van der Waals surface area contributed by atoms with Gasteiger partial charge in [0, 0.05) is 31.9 Å². The first-order valence-corrected chi connectivity index (χ1v) is 11.2. The maximum absolute atomic E-state index is 12.4. The number of rotatable bonds is 8. The topological polar surface area (TPSA) is 88.2 Å². The molecule has 1 saturated heterocycles. The molecule has 0 spiro atoms. The van der Waals surface area contributed by atoms with Crippen LogP contribution < -0.4 is 10.1 Å². The number of para-hydroxylation sites is 1. The zero-order valence-electron chi connectivity index (χ0n) is 19.2. The van der Waals surface area contributed by atoms with Crippen molar-refractivity contribution in [3.8, 4) is 5.75 Å². The summed E-state index contributed by atoms with van der Waals surface area (Å²) in [6, 6.07) is 15.7. The highest BCUT2D eigenvalue weighted by atomic mass is 16.5. The number of nitrogens with zero attached hydrogens (tertiary/aromatic N) is 2. The summed E-state index contributed by atoms with van der Waals surface area (Å²) in [6.07, 6.45) is 0.956. The monoisotopic (exact) mass is 453 g/mol. The molecule has 3 amide bonds. The molecule has 0 unspecified atom stereocenters. The van der Waals surface area contributed by atoms with Crippen molar-refractivity contribution in [3.63, 3.8) is 0 Å². The third-order valence-corrected chi connectivity index (χ3v) is 5.33. The lowest BCUT2D eigenvalue weighted by molar-refractivity contribution is -0.135. The first-order valence-electron chi connectivity index (χ1n) is 11.2. The fraction of sp³-hybridized carbons (Fsp3) is 0.400. The molecule has 0 aliphatic carbocycles. The van der Waals surface area contributed by atoms with E-state index in [0.717, 1.165) is 12.1 Å². The number of anilines is 1. The molecule has 3 rings (SSSR count). The van der Waals surface area contributed by atoms with Crippen LogP contribution in [-0.2, 0) is 9.53 Å². The van der Waals surface area contributed by atoms with Crippen LogP contribution in [0.4, 0.5) is 10.5 Å². The number of hydrogen-bond acceptors (Lipinski definition) is 5. The van der Waals surface area contributed by atoms with Gasteiger partial charge in [-0.15, -0.1) is 0 Å². The molecule has 8 heteroatoms. The molecule has 0 saturated carbocycles. The molecule has 1 heterocycles. The van der Waals surface area contributed by atoms with Crippen LogP contribution in [0.3, 0.4) is 0 Å². The van der Waals surface area contributed by atoms with Crippen molar-refractivity contribution >= 4 is 23.6 Å². The van der Waals surface area contributed by atoms with Crippen LogP contribution in [0.1, 0.15) is 30.6 Å². The highest BCUT2D eigenvalue weighted by Gasteiger charge is 2.25. The van der Waals surface area contributed by atoms with Crippen LogP contribution in [-0.4, -0.2) is 67.1 Å². The Hall–Kier alpha value is -3.55. The van der Waals surface area contributed by atoms with E-state index in [0.29, 0.717) is 50.0 Å². The van der Waals surface area contributed by atoms with E-state index in [9.17, 15) is 14.4 Å². The molecular weight excluding hydrogens is 422 g/mol. The highest BCUT2D eigenvalue weighted by Crippen LogP contribution is 2.14. The molecule has 8 nitrogen and oxygen atoms in total. The minimum Gasteiger partial charge on any atom is -0.494 e. The fourth-order valence-electron chi connectivity index (χ4n) is 3.28. The second kappa shape index (κ2) is 11.9. The minimum atomic E-state index is -0.557. The van der Waals surface area contributed by atoms with Gasteiger partial charge in [0.1, 0.15) is 5.75 Å². The molecule has 0 bridgehead atoms. The van der Waals surface area contributed by atoms with Gasteiger partial charge in [-0.3, -0.25) is 4.79 Å². The van der Waals surface area contributed by atoms with Gasteiger partial charge in [0.15, 0.2) is 6.61 Å². The number of ether oxygens (including phenoxy) is 2. The number of carbonyl (C=O) groups is 3. The molecule has 0 radical (unpaired) electrons. The Labute approximate surface area is 194 Å². The molecule has 176 valence electrons. The van der Waals surface area contributed by atoms with E-state index in [-0.39, 0.29) is 18.5 Å². The summed E-state index contributed by atoms with van der Waals surface area (Å²) >= 11 is 0. The van der Waals surface area contributed by atoms with E-state index in [1.54, 1.807) is 34.1 Å². The number of piperazine rings is 1. The average molecular weight is 454 g/mol. The maximum Gasteiger partial charge on any atom is 0.338 e. The van der Waals surface area contributed by atoms with Crippen molar-refractivity contribution < 1.29 is 23.9 Å². The van der Waals surface area contributed by atoms with Crippen molar-refractivity contribution in [1.82, 2.24) is 9.80 Å². The van der Waals surface area contributed by atoms with E-state index < -0.39 is 5.97 Å². The summed E-state index contributed by atoms with van der Waals surface area (Å²) in [5, 5.41) is 2.84. The lowest BCUT2D eigenvalue weighted by atomic mass is 10.1. The molecule has 1 aliphatic rings. The van der Waals surface area contributed by atoms with Crippen LogP contribution in [0, 0.1) is 5.92 Å². The molecule has 1 aliphatic heterocycles. The first-order chi connectivity index (χ1) is 15.9. The fourth-order valence-corrected chi connectivity index (χ4v) is 3.28. The molecular formula is C25H31N3O5. The number of benzene rings is 2. The third kappa shape index (κ3) is 7.52. The number of hydrogen-bond donors (Lipinski definition) is 1. The Morgan fingerprint density at radius 2 is 1.55 bits per heavy atom. The van der Waals surface area contributed by atoms with Gasteiger partial charge in [-0.25, -0.2) is 9.59 Å². The summed E-state index contributed by atoms with van der Waals surface area (Å²) in [7, 11) is 0. The Morgan fingerprint density at radius 1 is 0.909 bits per heavy atom.